The molecular formula is C25H23N. The molecule has 3 aliphatic rings. The van der Waals surface area contributed by atoms with Crippen LogP contribution in [0, 0.1) is 0 Å². The van der Waals surface area contributed by atoms with Crippen LogP contribution in [0.2, 0.25) is 0 Å². The van der Waals surface area contributed by atoms with Gasteiger partial charge in [-0.3, -0.25) is 0 Å². The molecule has 0 heterocycles. The van der Waals surface area contributed by atoms with Gasteiger partial charge in [0, 0.05) is 11.4 Å². The summed E-state index contributed by atoms with van der Waals surface area (Å²) in [6.07, 6.45) is 17.1. The van der Waals surface area contributed by atoms with Gasteiger partial charge in [0.15, 0.2) is 0 Å². The number of nitrogens with one attached hydrogen (secondary N) is 1. The molecule has 0 atom stereocenters. The highest BCUT2D eigenvalue weighted by Gasteiger charge is 2.21. The Labute approximate surface area is 155 Å². The molecule has 0 aliphatic heterocycles. The summed E-state index contributed by atoms with van der Waals surface area (Å²) in [6, 6.07) is 15.6. The monoisotopic (exact) mass is 337 g/mol. The minimum Gasteiger partial charge on any atom is -0.356 e. The third kappa shape index (κ3) is 2.84. The normalized spacial score (nSPS) is 17.8. The van der Waals surface area contributed by atoms with Crippen LogP contribution < -0.4 is 5.32 Å². The summed E-state index contributed by atoms with van der Waals surface area (Å²) in [5.41, 5.74) is 11.1. The molecule has 2 aromatic carbocycles. The SMILES string of the molecule is C1=CCCC(c2cccc(Nc3ccc4c(c3)CC3=C4C=CCC3)c2)=C1. The zero-order chi connectivity index (χ0) is 17.3. The van der Waals surface area contributed by atoms with Crippen LogP contribution in [0.1, 0.15) is 42.4 Å². The Kier molecular flexibility index (Phi) is 3.86. The summed E-state index contributed by atoms with van der Waals surface area (Å²) < 4.78 is 0. The van der Waals surface area contributed by atoms with Gasteiger partial charge >= 0.3 is 0 Å². The fraction of sp³-hybridized carbons (Fsp3) is 0.200. The van der Waals surface area contributed by atoms with Crippen molar-refractivity contribution in [3.05, 3.63) is 95.1 Å². The van der Waals surface area contributed by atoms with E-state index in [1.54, 1.807) is 5.57 Å². The lowest BCUT2D eigenvalue weighted by Gasteiger charge is -2.13. The fourth-order valence-electron chi connectivity index (χ4n) is 4.29. The molecule has 1 nitrogen and oxygen atoms in total. The van der Waals surface area contributed by atoms with E-state index in [4.69, 9.17) is 0 Å². The molecule has 0 saturated heterocycles. The number of benzene rings is 2. The highest BCUT2D eigenvalue weighted by atomic mass is 14.9. The molecule has 26 heavy (non-hydrogen) atoms. The molecule has 3 aliphatic carbocycles. The molecule has 1 N–H and O–H groups in total. The van der Waals surface area contributed by atoms with Gasteiger partial charge in [-0.1, -0.05) is 54.2 Å². The molecule has 1 heteroatoms. The Morgan fingerprint density at radius 1 is 0.846 bits per heavy atom. The van der Waals surface area contributed by atoms with E-state index in [1.165, 1.54) is 46.4 Å². The Balaban J connectivity index is 1.39. The lowest BCUT2D eigenvalue weighted by atomic mass is 9.97. The van der Waals surface area contributed by atoms with Gasteiger partial charge in [0.1, 0.15) is 0 Å². The quantitative estimate of drug-likeness (QED) is 0.647. The maximum atomic E-state index is 3.61. The van der Waals surface area contributed by atoms with Crippen molar-refractivity contribution >= 4 is 22.5 Å². The summed E-state index contributed by atoms with van der Waals surface area (Å²) in [6.45, 7) is 0. The predicted octanol–water partition coefficient (Wildman–Crippen LogP) is 6.82. The van der Waals surface area contributed by atoms with Crippen molar-refractivity contribution in [1.82, 2.24) is 0 Å². The van der Waals surface area contributed by atoms with Gasteiger partial charge in [-0.05, 0) is 84.2 Å². The second-order valence-corrected chi connectivity index (χ2v) is 7.37. The lowest BCUT2D eigenvalue weighted by Crippen LogP contribution is -1.94. The van der Waals surface area contributed by atoms with Crippen LogP contribution in [0.5, 0.6) is 0 Å². The zero-order valence-electron chi connectivity index (χ0n) is 15.0. The minimum atomic E-state index is 1.11. The smallest absolute Gasteiger partial charge is 0.0390 e. The molecule has 5 rings (SSSR count). The van der Waals surface area contributed by atoms with Crippen LogP contribution in [-0.2, 0) is 6.42 Å². The maximum Gasteiger partial charge on any atom is 0.0390 e. The van der Waals surface area contributed by atoms with Crippen LogP contribution in [0.4, 0.5) is 11.4 Å². The fourth-order valence-corrected chi connectivity index (χ4v) is 4.29. The Bertz CT molecular complexity index is 985. The zero-order valence-corrected chi connectivity index (χ0v) is 15.0. The second-order valence-electron chi connectivity index (χ2n) is 7.37. The van der Waals surface area contributed by atoms with Crippen molar-refractivity contribution in [2.75, 3.05) is 5.32 Å². The summed E-state index contributed by atoms with van der Waals surface area (Å²) in [4.78, 5) is 0. The van der Waals surface area contributed by atoms with E-state index >= 15 is 0 Å². The average molecular weight is 337 g/mol. The third-order valence-electron chi connectivity index (χ3n) is 5.61. The first-order valence-electron chi connectivity index (χ1n) is 9.62. The Morgan fingerprint density at radius 3 is 2.69 bits per heavy atom. The van der Waals surface area contributed by atoms with Gasteiger partial charge in [0.05, 0.1) is 0 Å². The first-order valence-corrected chi connectivity index (χ1v) is 9.62. The molecule has 0 unspecified atom stereocenters. The van der Waals surface area contributed by atoms with E-state index in [9.17, 15) is 0 Å². The van der Waals surface area contributed by atoms with E-state index < -0.39 is 0 Å². The highest BCUT2D eigenvalue weighted by Crippen LogP contribution is 2.39. The molecule has 0 fully saturated rings. The number of rotatable bonds is 3. The maximum absolute atomic E-state index is 3.61. The first kappa shape index (κ1) is 15.5. The van der Waals surface area contributed by atoms with Crippen molar-refractivity contribution in [3.8, 4) is 0 Å². The summed E-state index contributed by atoms with van der Waals surface area (Å²) in [5, 5.41) is 3.61. The average Bonchev–Trinajstić information content (AvgIpc) is 3.07. The molecule has 128 valence electrons. The van der Waals surface area contributed by atoms with Crippen molar-refractivity contribution < 1.29 is 0 Å². The van der Waals surface area contributed by atoms with E-state index in [0.717, 1.165) is 24.9 Å². The number of anilines is 2. The van der Waals surface area contributed by atoms with Gasteiger partial charge < -0.3 is 5.32 Å². The lowest BCUT2D eigenvalue weighted by molar-refractivity contribution is 0.935. The number of fused-ring (bicyclic) bond motifs is 2. The minimum absolute atomic E-state index is 1.11. The Morgan fingerprint density at radius 2 is 1.77 bits per heavy atom. The highest BCUT2D eigenvalue weighted by molar-refractivity contribution is 5.85. The van der Waals surface area contributed by atoms with Crippen LogP contribution in [0.3, 0.4) is 0 Å². The van der Waals surface area contributed by atoms with Crippen molar-refractivity contribution in [1.29, 1.82) is 0 Å². The number of allylic oxidation sites excluding steroid dienone is 8. The predicted molar refractivity (Wildman–Crippen MR) is 112 cm³/mol. The first-order chi connectivity index (χ1) is 12.9. The van der Waals surface area contributed by atoms with Crippen LogP contribution in [-0.4, -0.2) is 0 Å². The van der Waals surface area contributed by atoms with Crippen molar-refractivity contribution in [2.45, 2.75) is 32.1 Å². The van der Waals surface area contributed by atoms with E-state index in [1.807, 2.05) is 0 Å². The van der Waals surface area contributed by atoms with Gasteiger partial charge in [0.25, 0.3) is 0 Å². The molecule has 0 amide bonds. The topological polar surface area (TPSA) is 12.0 Å². The van der Waals surface area contributed by atoms with Crippen LogP contribution in [0.15, 0.2) is 78.4 Å². The van der Waals surface area contributed by atoms with E-state index in [2.05, 4.69) is 78.2 Å². The third-order valence-corrected chi connectivity index (χ3v) is 5.61. The molecule has 0 aromatic heterocycles. The summed E-state index contributed by atoms with van der Waals surface area (Å²) >= 11 is 0. The van der Waals surface area contributed by atoms with E-state index in [-0.39, 0.29) is 0 Å². The number of hydrogen-bond acceptors (Lipinski definition) is 1. The number of hydrogen-bond donors (Lipinski definition) is 1. The van der Waals surface area contributed by atoms with Crippen LogP contribution in [0.25, 0.3) is 11.1 Å². The van der Waals surface area contributed by atoms with Crippen molar-refractivity contribution in [2.24, 2.45) is 0 Å². The van der Waals surface area contributed by atoms with Gasteiger partial charge in [-0.25, -0.2) is 0 Å². The van der Waals surface area contributed by atoms with Crippen molar-refractivity contribution in [3.63, 3.8) is 0 Å². The van der Waals surface area contributed by atoms with Crippen LogP contribution >= 0.6 is 0 Å². The van der Waals surface area contributed by atoms with E-state index in [0.29, 0.717) is 0 Å². The molecule has 0 bridgehead atoms. The summed E-state index contributed by atoms with van der Waals surface area (Å²) in [7, 11) is 0. The molecule has 0 spiro atoms. The molecule has 0 saturated carbocycles. The van der Waals surface area contributed by atoms with Gasteiger partial charge in [0.2, 0.25) is 0 Å². The summed E-state index contributed by atoms with van der Waals surface area (Å²) in [5.74, 6) is 0. The standard InChI is InChI=1S/C25H23N/c1-2-7-18(8-3-1)19-10-6-11-22(16-19)26-23-13-14-25-21(17-23)15-20-9-4-5-12-24(20)25/h1-2,5-7,10-14,16-17,26H,3-4,8-9,15H2. The second kappa shape index (κ2) is 6.49. The largest absolute Gasteiger partial charge is 0.356 e. The Hall–Kier alpha value is -2.80. The van der Waals surface area contributed by atoms with Gasteiger partial charge in [-0.2, -0.15) is 0 Å². The molecule has 2 aromatic rings. The molecule has 0 radical (unpaired) electrons. The molecular weight excluding hydrogens is 314 g/mol. The van der Waals surface area contributed by atoms with Gasteiger partial charge in [-0.15, -0.1) is 0 Å².